The fraction of sp³-hybridized carbons (Fsp3) is 0.364. The van der Waals surface area contributed by atoms with Gasteiger partial charge >= 0.3 is 0 Å². The van der Waals surface area contributed by atoms with Gasteiger partial charge in [-0.25, -0.2) is 0 Å². The van der Waals surface area contributed by atoms with Crippen molar-refractivity contribution in [3.63, 3.8) is 0 Å². The van der Waals surface area contributed by atoms with Crippen molar-refractivity contribution < 1.29 is 9.32 Å². The van der Waals surface area contributed by atoms with Gasteiger partial charge in [-0.15, -0.1) is 0 Å². The number of carbonyl (C=O) groups excluding carboxylic acids is 1. The lowest BCUT2D eigenvalue weighted by Gasteiger charge is -2.23. The number of carbonyl (C=O) groups is 1. The molecule has 2 aromatic carbocycles. The highest BCUT2D eigenvalue weighted by Crippen LogP contribution is 2.46. The zero-order valence-electron chi connectivity index (χ0n) is 15.7. The second-order valence-electron chi connectivity index (χ2n) is 7.90. The van der Waals surface area contributed by atoms with Gasteiger partial charge in [0, 0.05) is 36.4 Å². The molecule has 0 radical (unpaired) electrons. The third kappa shape index (κ3) is 2.45. The number of nitrogens with one attached hydrogen (secondary N) is 1. The number of benzene rings is 2. The van der Waals surface area contributed by atoms with Gasteiger partial charge in [0.05, 0.1) is 16.6 Å². The van der Waals surface area contributed by atoms with Crippen LogP contribution in [-0.2, 0) is 0 Å². The number of ketones is 1. The van der Waals surface area contributed by atoms with E-state index in [1.54, 1.807) is 0 Å². The molecule has 2 heterocycles. The van der Waals surface area contributed by atoms with Crippen molar-refractivity contribution in [2.45, 2.75) is 26.7 Å². The minimum atomic E-state index is 0.0468. The molecule has 1 fully saturated rings. The van der Waals surface area contributed by atoms with Crippen LogP contribution in [0.1, 0.15) is 42.6 Å². The molecule has 5 heteroatoms. The van der Waals surface area contributed by atoms with Gasteiger partial charge in [-0.2, -0.15) is 0 Å². The van der Waals surface area contributed by atoms with Crippen LogP contribution >= 0.6 is 0 Å². The number of fused-ring (bicyclic) bond motifs is 2. The molecular formula is C22H23N3O2. The monoisotopic (exact) mass is 361 g/mol. The van der Waals surface area contributed by atoms with Gasteiger partial charge in [0.2, 0.25) is 0 Å². The zero-order valence-corrected chi connectivity index (χ0v) is 15.7. The first kappa shape index (κ1) is 16.4. The molecule has 5 nitrogen and oxygen atoms in total. The summed E-state index contributed by atoms with van der Waals surface area (Å²) in [5.41, 5.74) is 4.99. The van der Waals surface area contributed by atoms with Gasteiger partial charge in [-0.05, 0) is 24.8 Å². The van der Waals surface area contributed by atoms with Gasteiger partial charge in [0.1, 0.15) is 5.52 Å². The third-order valence-electron chi connectivity index (χ3n) is 5.53. The molecule has 1 aliphatic carbocycles. The molecule has 0 bridgehead atoms. The molecule has 1 N–H and O–H groups in total. The van der Waals surface area contributed by atoms with Crippen molar-refractivity contribution >= 4 is 28.1 Å². The third-order valence-corrected chi connectivity index (χ3v) is 5.53. The molecule has 5 rings (SSSR count). The van der Waals surface area contributed by atoms with Crippen LogP contribution < -0.4 is 10.2 Å². The van der Waals surface area contributed by atoms with Crippen LogP contribution in [0.4, 0.5) is 11.4 Å². The average molecular weight is 361 g/mol. The summed E-state index contributed by atoms with van der Waals surface area (Å²) in [5.74, 6) is 1.24. The maximum atomic E-state index is 13.4. The van der Waals surface area contributed by atoms with E-state index in [2.05, 4.69) is 35.3 Å². The van der Waals surface area contributed by atoms with Crippen LogP contribution in [-0.4, -0.2) is 30.6 Å². The van der Waals surface area contributed by atoms with Gasteiger partial charge < -0.3 is 14.7 Å². The van der Waals surface area contributed by atoms with Crippen LogP contribution in [0.25, 0.3) is 22.2 Å². The molecule has 0 unspecified atom stereocenters. The van der Waals surface area contributed by atoms with E-state index in [1.807, 2.05) is 24.3 Å². The quantitative estimate of drug-likeness (QED) is 0.570. The first-order valence-corrected chi connectivity index (χ1v) is 9.74. The summed E-state index contributed by atoms with van der Waals surface area (Å²) < 4.78 is 5.80. The number of nitrogens with zero attached hydrogens (tertiary/aromatic N) is 2. The summed E-state index contributed by atoms with van der Waals surface area (Å²) in [4.78, 5) is 15.7. The molecule has 27 heavy (non-hydrogen) atoms. The molecule has 1 aromatic heterocycles. The number of rotatable bonds is 4. The summed E-state index contributed by atoms with van der Waals surface area (Å²) >= 11 is 0. The molecule has 1 aliphatic heterocycles. The Morgan fingerprint density at radius 2 is 1.93 bits per heavy atom. The minimum Gasteiger partial charge on any atom is -0.384 e. The van der Waals surface area contributed by atoms with E-state index in [4.69, 9.17) is 4.52 Å². The Hall–Kier alpha value is -2.82. The molecular weight excluding hydrogens is 338 g/mol. The van der Waals surface area contributed by atoms with Crippen LogP contribution in [0.2, 0.25) is 0 Å². The lowest BCUT2D eigenvalue weighted by atomic mass is 9.86. The second-order valence-corrected chi connectivity index (χ2v) is 7.90. The Balaban J connectivity index is 1.79. The molecule has 2 aliphatic rings. The fourth-order valence-electron chi connectivity index (χ4n) is 4.19. The van der Waals surface area contributed by atoms with Crippen LogP contribution in [0.3, 0.4) is 0 Å². The second kappa shape index (κ2) is 6.12. The molecule has 0 saturated carbocycles. The largest absolute Gasteiger partial charge is 0.384 e. The first-order valence-electron chi connectivity index (χ1n) is 9.74. The predicted octanol–water partition coefficient (Wildman–Crippen LogP) is 4.71. The Morgan fingerprint density at radius 1 is 1.19 bits per heavy atom. The Morgan fingerprint density at radius 3 is 2.67 bits per heavy atom. The van der Waals surface area contributed by atoms with Crippen molar-refractivity contribution in [2.75, 3.05) is 29.9 Å². The minimum absolute atomic E-state index is 0.0468. The van der Waals surface area contributed by atoms with Gasteiger partial charge in [0.15, 0.2) is 11.5 Å². The molecule has 138 valence electrons. The predicted molar refractivity (Wildman–Crippen MR) is 108 cm³/mol. The number of hydrogen-bond acceptors (Lipinski definition) is 5. The lowest BCUT2D eigenvalue weighted by molar-refractivity contribution is 0.104. The van der Waals surface area contributed by atoms with Crippen molar-refractivity contribution in [2.24, 2.45) is 5.92 Å². The zero-order chi connectivity index (χ0) is 18.5. The molecule has 0 atom stereocenters. The first-order chi connectivity index (χ1) is 13.1. The highest BCUT2D eigenvalue weighted by Gasteiger charge is 2.33. The van der Waals surface area contributed by atoms with Crippen molar-refractivity contribution in [1.82, 2.24) is 5.16 Å². The smallest absolute Gasteiger partial charge is 0.196 e. The van der Waals surface area contributed by atoms with E-state index in [0.29, 0.717) is 22.8 Å². The topological polar surface area (TPSA) is 58.4 Å². The molecule has 3 aromatic rings. The van der Waals surface area contributed by atoms with E-state index in [9.17, 15) is 4.79 Å². The van der Waals surface area contributed by atoms with E-state index in [-0.39, 0.29) is 5.78 Å². The van der Waals surface area contributed by atoms with Crippen LogP contribution in [0.5, 0.6) is 0 Å². The van der Waals surface area contributed by atoms with Crippen molar-refractivity contribution in [1.29, 1.82) is 0 Å². The van der Waals surface area contributed by atoms with Crippen molar-refractivity contribution in [3.05, 3.63) is 41.5 Å². The van der Waals surface area contributed by atoms with E-state index in [0.717, 1.165) is 47.5 Å². The highest BCUT2D eigenvalue weighted by molar-refractivity contribution is 6.28. The average Bonchev–Trinajstić information content (AvgIpc) is 3.35. The van der Waals surface area contributed by atoms with Gasteiger partial charge in [0.25, 0.3) is 0 Å². The highest BCUT2D eigenvalue weighted by atomic mass is 16.5. The number of anilines is 2. The fourth-order valence-corrected chi connectivity index (χ4v) is 4.19. The maximum absolute atomic E-state index is 13.4. The van der Waals surface area contributed by atoms with Gasteiger partial charge in [-0.1, -0.05) is 43.3 Å². The Bertz CT molecular complexity index is 1050. The van der Waals surface area contributed by atoms with Crippen molar-refractivity contribution in [3.8, 4) is 11.3 Å². The normalized spacial score (nSPS) is 15.7. The summed E-state index contributed by atoms with van der Waals surface area (Å²) in [6.07, 6.45) is 2.37. The molecule has 0 amide bonds. The summed E-state index contributed by atoms with van der Waals surface area (Å²) in [7, 11) is 0. The SMILES string of the molecule is CC(C)CNc1cc(N2CCCC2)c2noc3c2c1C(=O)c1ccccc1-3. The van der Waals surface area contributed by atoms with E-state index < -0.39 is 0 Å². The van der Waals surface area contributed by atoms with E-state index in [1.165, 1.54) is 12.8 Å². The summed E-state index contributed by atoms with van der Waals surface area (Å²) in [6.45, 7) is 7.18. The summed E-state index contributed by atoms with van der Waals surface area (Å²) in [6, 6.07) is 9.75. The van der Waals surface area contributed by atoms with E-state index >= 15 is 0 Å². The molecule has 0 spiro atoms. The lowest BCUT2D eigenvalue weighted by Crippen LogP contribution is -2.20. The molecule has 1 saturated heterocycles. The Labute approximate surface area is 158 Å². The van der Waals surface area contributed by atoms with Crippen LogP contribution in [0, 0.1) is 5.92 Å². The summed E-state index contributed by atoms with van der Waals surface area (Å²) in [5, 5.41) is 8.78. The maximum Gasteiger partial charge on any atom is 0.196 e. The number of hydrogen-bond donors (Lipinski definition) is 1. The Kier molecular flexibility index (Phi) is 3.71. The van der Waals surface area contributed by atoms with Crippen LogP contribution in [0.15, 0.2) is 34.9 Å². The standard InChI is InChI=1S/C22H23N3O2/c1-13(2)12-23-16-11-17(25-9-5-6-10-25)20-19-18(16)21(26)14-7-3-4-8-15(14)22(19)27-24-20/h3-4,7-8,11,13,23H,5-6,9-10,12H2,1-2H3. The number of aromatic nitrogens is 1. The van der Waals surface area contributed by atoms with Gasteiger partial charge in [-0.3, -0.25) is 4.79 Å².